The summed E-state index contributed by atoms with van der Waals surface area (Å²) in [6, 6.07) is 6.63. The number of nitrogens with zero attached hydrogens (tertiary/aromatic N) is 2. The molecule has 3 rings (SSSR count). The zero-order valence-electron chi connectivity index (χ0n) is 17.5. The molecule has 0 radical (unpaired) electrons. The van der Waals surface area contributed by atoms with Crippen LogP contribution in [0.15, 0.2) is 36.5 Å². The smallest absolute Gasteiger partial charge is 0.259 e. The highest BCUT2D eigenvalue weighted by molar-refractivity contribution is 6.07. The lowest BCUT2D eigenvalue weighted by Crippen LogP contribution is -2.23. The number of aliphatic hydroxyl groups excluding tert-OH is 1. The lowest BCUT2D eigenvalue weighted by Gasteiger charge is -2.14. The second-order valence-corrected chi connectivity index (χ2v) is 7.21. The van der Waals surface area contributed by atoms with Gasteiger partial charge >= 0.3 is 0 Å². The molecule has 0 saturated heterocycles. The predicted octanol–water partition coefficient (Wildman–Crippen LogP) is 3.55. The third-order valence-corrected chi connectivity index (χ3v) is 5.13. The Morgan fingerprint density at radius 1 is 1.06 bits per heavy atom. The molecule has 0 aliphatic rings. The maximum absolute atomic E-state index is 13.5. The Labute approximate surface area is 177 Å². The molecule has 0 aliphatic heterocycles. The molecule has 31 heavy (non-hydrogen) atoms. The van der Waals surface area contributed by atoms with Crippen LogP contribution in [-0.4, -0.2) is 26.5 Å². The van der Waals surface area contributed by atoms with Crippen LogP contribution in [0.4, 0.5) is 20.2 Å². The highest BCUT2D eigenvalue weighted by Gasteiger charge is 2.29. The summed E-state index contributed by atoms with van der Waals surface area (Å²) in [5.41, 5.74) is 2.55. The Morgan fingerprint density at radius 2 is 1.74 bits per heavy atom. The van der Waals surface area contributed by atoms with Crippen LogP contribution >= 0.6 is 0 Å². The maximum Gasteiger partial charge on any atom is 0.259 e. The van der Waals surface area contributed by atoms with Gasteiger partial charge in [-0.2, -0.15) is 4.39 Å². The number of hydrogen-bond acceptors (Lipinski definition) is 4. The molecule has 3 N–H and O–H groups in total. The molecule has 0 aliphatic carbocycles. The average Bonchev–Trinajstić information content (AvgIpc) is 2.94. The molecule has 0 bridgehead atoms. The molecule has 1 unspecified atom stereocenters. The molecular weight excluding hydrogens is 406 g/mol. The van der Waals surface area contributed by atoms with Crippen molar-refractivity contribution in [3.8, 4) is 0 Å². The van der Waals surface area contributed by atoms with Gasteiger partial charge in [0.05, 0.1) is 23.1 Å². The Kier molecular flexibility index (Phi) is 6.16. The first-order valence-electron chi connectivity index (χ1n) is 9.44. The summed E-state index contributed by atoms with van der Waals surface area (Å²) in [6.45, 7) is 4.91. The van der Waals surface area contributed by atoms with Gasteiger partial charge < -0.3 is 20.3 Å². The number of aromatic nitrogens is 2. The molecule has 3 aromatic rings. The minimum atomic E-state index is -1.58. The summed E-state index contributed by atoms with van der Waals surface area (Å²) < 4.78 is 28.0. The van der Waals surface area contributed by atoms with Gasteiger partial charge in [0.2, 0.25) is 5.95 Å². The maximum atomic E-state index is 13.5. The van der Waals surface area contributed by atoms with E-state index in [2.05, 4.69) is 15.6 Å². The van der Waals surface area contributed by atoms with Crippen molar-refractivity contribution in [2.24, 2.45) is 7.05 Å². The van der Waals surface area contributed by atoms with Crippen molar-refractivity contribution >= 4 is 23.2 Å². The number of carbonyl (C=O) groups is 2. The summed E-state index contributed by atoms with van der Waals surface area (Å²) in [4.78, 5) is 28.9. The largest absolute Gasteiger partial charge is 0.377 e. The molecule has 2 amide bonds. The third-order valence-electron chi connectivity index (χ3n) is 5.13. The number of amides is 2. The van der Waals surface area contributed by atoms with Crippen molar-refractivity contribution in [3.63, 3.8) is 0 Å². The Balaban J connectivity index is 1.86. The molecule has 162 valence electrons. The van der Waals surface area contributed by atoms with Crippen LogP contribution in [0, 0.1) is 32.5 Å². The number of rotatable bonds is 5. The Bertz CT molecular complexity index is 1160. The zero-order valence-corrected chi connectivity index (χ0v) is 17.5. The van der Waals surface area contributed by atoms with E-state index < -0.39 is 23.9 Å². The first kappa shape index (κ1) is 22.1. The molecule has 7 nitrogen and oxygen atoms in total. The molecule has 2 heterocycles. The number of anilines is 2. The number of benzene rings is 1. The quantitative estimate of drug-likeness (QED) is 0.542. The van der Waals surface area contributed by atoms with Gasteiger partial charge in [-0.25, -0.2) is 9.37 Å². The van der Waals surface area contributed by atoms with Crippen LogP contribution in [-0.2, 0) is 11.8 Å². The average molecular weight is 428 g/mol. The molecule has 1 aromatic carbocycles. The fourth-order valence-corrected chi connectivity index (χ4v) is 3.42. The molecule has 0 fully saturated rings. The Morgan fingerprint density at radius 3 is 2.35 bits per heavy atom. The van der Waals surface area contributed by atoms with E-state index in [0.29, 0.717) is 28.1 Å². The lowest BCUT2D eigenvalue weighted by atomic mass is 10.1. The number of aliphatic hydroxyl groups is 1. The van der Waals surface area contributed by atoms with Crippen molar-refractivity contribution in [3.05, 3.63) is 76.4 Å². The van der Waals surface area contributed by atoms with E-state index in [0.717, 1.165) is 12.3 Å². The van der Waals surface area contributed by atoms with Crippen molar-refractivity contribution in [2.45, 2.75) is 26.9 Å². The monoisotopic (exact) mass is 428 g/mol. The highest BCUT2D eigenvalue weighted by Crippen LogP contribution is 2.28. The number of pyridine rings is 1. The molecule has 0 spiro atoms. The van der Waals surface area contributed by atoms with E-state index in [-0.39, 0.29) is 17.2 Å². The second kappa shape index (κ2) is 8.65. The van der Waals surface area contributed by atoms with E-state index in [4.69, 9.17) is 0 Å². The molecule has 9 heteroatoms. The van der Waals surface area contributed by atoms with Crippen LogP contribution in [0.1, 0.15) is 39.0 Å². The minimum absolute atomic E-state index is 0.221. The first-order chi connectivity index (χ1) is 14.6. The van der Waals surface area contributed by atoms with Gasteiger partial charge in [-0.05, 0) is 62.2 Å². The first-order valence-corrected chi connectivity index (χ1v) is 9.44. The number of nitrogens with one attached hydrogen (secondary N) is 2. The fraction of sp³-hybridized carbons (Fsp3) is 0.227. The van der Waals surface area contributed by atoms with E-state index >= 15 is 0 Å². The van der Waals surface area contributed by atoms with Crippen LogP contribution in [0.25, 0.3) is 0 Å². The SMILES string of the molecule is Cc1cc(NC(=O)c2c(C)c(C(O)C(=O)Nc3ccc(F)nc3)n(C)c2C)ccc1F. The number of carbonyl (C=O) groups excluding carboxylic acids is 2. The molecule has 1 atom stereocenters. The van der Waals surface area contributed by atoms with Crippen LogP contribution in [0.5, 0.6) is 0 Å². The predicted molar refractivity (Wildman–Crippen MR) is 112 cm³/mol. The van der Waals surface area contributed by atoms with Gasteiger partial charge in [0.1, 0.15) is 5.82 Å². The van der Waals surface area contributed by atoms with Crippen LogP contribution < -0.4 is 10.6 Å². The summed E-state index contributed by atoms with van der Waals surface area (Å²) in [5, 5.41) is 15.8. The van der Waals surface area contributed by atoms with Gasteiger partial charge in [-0.1, -0.05) is 0 Å². The number of hydrogen-bond donors (Lipinski definition) is 3. The standard InChI is InChI=1S/C22H22F2N4O3/c1-11-9-14(5-7-16(11)23)26-21(30)18-12(2)19(28(4)13(18)3)20(29)22(31)27-15-6-8-17(24)25-10-15/h5-10,20,29H,1-4H3,(H,26,30)(H,27,31). The van der Waals surface area contributed by atoms with Gasteiger partial charge in [0.25, 0.3) is 11.8 Å². The molecule has 0 saturated carbocycles. The van der Waals surface area contributed by atoms with E-state index in [1.165, 1.54) is 24.3 Å². The summed E-state index contributed by atoms with van der Waals surface area (Å²) in [7, 11) is 1.63. The van der Waals surface area contributed by atoms with Gasteiger partial charge in [-0.3, -0.25) is 9.59 Å². The molecular formula is C22H22F2N4O3. The van der Waals surface area contributed by atoms with Gasteiger partial charge in [0.15, 0.2) is 6.10 Å². The zero-order chi connectivity index (χ0) is 22.9. The minimum Gasteiger partial charge on any atom is -0.377 e. The fourth-order valence-electron chi connectivity index (χ4n) is 3.42. The van der Waals surface area contributed by atoms with Crippen LogP contribution in [0.3, 0.4) is 0 Å². The van der Waals surface area contributed by atoms with Crippen molar-refractivity contribution in [2.75, 3.05) is 10.6 Å². The lowest BCUT2D eigenvalue weighted by molar-refractivity contribution is -0.124. The van der Waals surface area contributed by atoms with Crippen molar-refractivity contribution < 1.29 is 23.5 Å². The van der Waals surface area contributed by atoms with E-state index in [1.54, 1.807) is 32.4 Å². The van der Waals surface area contributed by atoms with Crippen molar-refractivity contribution in [1.29, 1.82) is 0 Å². The summed E-state index contributed by atoms with van der Waals surface area (Å²) in [6.07, 6.45) is -0.449. The second-order valence-electron chi connectivity index (χ2n) is 7.21. The summed E-state index contributed by atoms with van der Waals surface area (Å²) >= 11 is 0. The summed E-state index contributed by atoms with van der Waals surface area (Å²) in [5.74, 6) is -2.27. The third kappa shape index (κ3) is 4.46. The van der Waals surface area contributed by atoms with Crippen LogP contribution in [0.2, 0.25) is 0 Å². The number of halogens is 2. The van der Waals surface area contributed by atoms with Crippen molar-refractivity contribution in [1.82, 2.24) is 9.55 Å². The topological polar surface area (TPSA) is 96.2 Å². The normalized spacial score (nSPS) is 11.8. The van der Waals surface area contributed by atoms with E-state index in [1.807, 2.05) is 0 Å². The highest BCUT2D eigenvalue weighted by atomic mass is 19.1. The van der Waals surface area contributed by atoms with Gasteiger partial charge in [0, 0.05) is 18.4 Å². The van der Waals surface area contributed by atoms with E-state index in [9.17, 15) is 23.5 Å². The Hall–Kier alpha value is -3.59. The number of aryl methyl sites for hydroxylation is 1. The van der Waals surface area contributed by atoms with Gasteiger partial charge in [-0.15, -0.1) is 0 Å². The molecule has 2 aromatic heterocycles.